The Morgan fingerprint density at radius 1 is 0.544 bits per heavy atom. The number of likely N-dealkylation sites (tertiary alicyclic amines) is 1. The number of ether oxygens (including phenoxy) is 4. The van der Waals surface area contributed by atoms with E-state index in [0.717, 1.165) is 108 Å². The first-order valence-electron chi connectivity index (χ1n) is 27.0. The number of aryl methyl sites for hydroxylation is 3. The number of hydrogen-bond donors (Lipinski definition) is 0. The molecule has 1 saturated heterocycles. The third-order valence-electron chi connectivity index (χ3n) is 13.8. The van der Waals surface area contributed by atoms with E-state index in [-0.39, 0.29) is 36.2 Å². The first-order valence-corrected chi connectivity index (χ1v) is 27.0. The summed E-state index contributed by atoms with van der Waals surface area (Å²) in [6, 6.07) is 20.0. The molecule has 1 fully saturated rings. The van der Waals surface area contributed by atoms with Gasteiger partial charge in [0.15, 0.2) is 56.8 Å². The molecule has 12 nitrogen and oxygen atoms in total. The normalized spacial score (nSPS) is 14.8. The van der Waals surface area contributed by atoms with E-state index >= 15 is 0 Å². The molecule has 6 aromatic heterocycles. The van der Waals surface area contributed by atoms with Gasteiger partial charge in [-0.05, 0) is 110 Å². The molecule has 0 amide bonds. The van der Waals surface area contributed by atoms with Gasteiger partial charge in [0.05, 0.1) is 42.6 Å². The molecule has 8 bridgehead atoms. The van der Waals surface area contributed by atoms with Gasteiger partial charge in [0.25, 0.3) is 0 Å². The third-order valence-corrected chi connectivity index (χ3v) is 13.8. The Hall–Kier alpha value is -6.05. The van der Waals surface area contributed by atoms with Gasteiger partial charge in [-0.25, -0.2) is 23.7 Å². The molecule has 0 saturated carbocycles. The van der Waals surface area contributed by atoms with Gasteiger partial charge in [-0.1, -0.05) is 24.3 Å². The van der Waals surface area contributed by atoms with Crippen LogP contribution in [0.15, 0.2) is 97.8 Å². The van der Waals surface area contributed by atoms with Crippen molar-refractivity contribution in [3.63, 3.8) is 0 Å². The van der Waals surface area contributed by atoms with E-state index in [1.165, 1.54) is 0 Å². The molecular weight excluding hydrogens is 1070 g/mol. The topological polar surface area (TPSA) is 106 Å². The number of hydrogen-bond acceptors (Lipinski definition) is 7. The molecule has 1 atom stereocenters. The minimum atomic E-state index is -4.41. The molecule has 3 aliphatic rings. The zero-order valence-corrected chi connectivity index (χ0v) is 45.8. The number of halogens is 6. The summed E-state index contributed by atoms with van der Waals surface area (Å²) in [7, 11) is 0. The SMILES string of the molecule is CCOCCCN1CCCC(c2c3nc(c(-c4ccc[n+](CCCOCC)c4)c4ccc([n-]4)c(-c4ccc[n+](CCCOCC(F)(F)F)c4)c4nc(c(-c5ccc[n+](CCCOCC(F)(F)F)c5)c5ccc2[n-]5)C=C4)C=C3)C1.[Mn+2]. The van der Waals surface area contributed by atoms with Crippen LogP contribution in [0.2, 0.25) is 0 Å². The van der Waals surface area contributed by atoms with Crippen molar-refractivity contribution in [2.24, 2.45) is 0 Å². The monoisotopic (exact) mass is 1130 g/mol. The summed E-state index contributed by atoms with van der Waals surface area (Å²) in [5.41, 5.74) is 11.6. The van der Waals surface area contributed by atoms with Gasteiger partial charge in [0, 0.05) is 87.1 Å². The van der Waals surface area contributed by atoms with E-state index in [1.807, 2.05) is 108 Å². The Balaban J connectivity index is 0.00000822. The maximum Gasteiger partial charge on any atom is 2.00 e. The summed E-state index contributed by atoms with van der Waals surface area (Å²) < 4.78 is 105. The standard InChI is InChI=1S/C60H67F6N8O4.Mn/c1-3-75-33-9-29-71-25-5-13-43(37-71)55-47-17-18-48(67-47)56(44-14-6-26-72(38-44)30-10-34-76-4-2)50-20-22-52(69-50)58(46-16-8-28-74(40-46)32-12-36-78-42-60(64,65)66)54-24-23-53(70-54)57(51-21-19-49(55)68-51)45-15-7-27-73(39-45)31-11-35-77-41-59(61,62)63;/h5,7-8,13,15-25,27-28,37,39-40,44H,3-4,6,9-12,14,26,29-36,38,41-42H2,1-2H3;/q+1;+2. The van der Waals surface area contributed by atoms with Crippen LogP contribution in [0.1, 0.15) is 86.6 Å². The fourth-order valence-corrected chi connectivity index (χ4v) is 10.4. The average Bonchev–Trinajstić information content (AvgIpc) is 4.46. The van der Waals surface area contributed by atoms with Crippen molar-refractivity contribution >= 4 is 46.4 Å². The van der Waals surface area contributed by atoms with Gasteiger partial charge in [-0.15, -0.1) is 22.1 Å². The van der Waals surface area contributed by atoms with Gasteiger partial charge >= 0.3 is 29.4 Å². The quantitative estimate of drug-likeness (QED) is 0.0253. The summed E-state index contributed by atoms with van der Waals surface area (Å²) >= 11 is 0. The molecule has 9 rings (SSSR count). The van der Waals surface area contributed by atoms with Gasteiger partial charge in [0.2, 0.25) is 0 Å². The van der Waals surface area contributed by atoms with Crippen LogP contribution in [-0.4, -0.2) is 99.7 Å². The summed E-state index contributed by atoms with van der Waals surface area (Å²) in [6.45, 7) is 8.26. The molecule has 417 valence electrons. The van der Waals surface area contributed by atoms with Crippen LogP contribution >= 0.6 is 0 Å². The Labute approximate surface area is 467 Å². The summed E-state index contributed by atoms with van der Waals surface area (Å²) in [4.78, 5) is 24.5. The Bertz CT molecular complexity index is 3230. The molecule has 79 heavy (non-hydrogen) atoms. The Morgan fingerprint density at radius 2 is 0.949 bits per heavy atom. The van der Waals surface area contributed by atoms with E-state index in [4.69, 9.17) is 38.9 Å². The second kappa shape index (κ2) is 27.9. The Morgan fingerprint density at radius 3 is 1.41 bits per heavy atom. The predicted octanol–water partition coefficient (Wildman–Crippen LogP) is 10.7. The largest absolute Gasteiger partial charge is 2.00 e. The van der Waals surface area contributed by atoms with Crippen molar-refractivity contribution in [2.75, 3.05) is 72.5 Å². The van der Waals surface area contributed by atoms with Crippen molar-refractivity contribution in [1.29, 1.82) is 0 Å². The Kier molecular flexibility index (Phi) is 20.9. The molecule has 0 aromatic carbocycles. The van der Waals surface area contributed by atoms with Crippen molar-refractivity contribution in [1.82, 2.24) is 24.8 Å². The zero-order valence-electron chi connectivity index (χ0n) is 44.6. The second-order valence-corrected chi connectivity index (χ2v) is 19.7. The fourth-order valence-electron chi connectivity index (χ4n) is 10.4. The molecule has 1 unspecified atom stereocenters. The molecule has 19 heteroatoms. The molecular formula is C60H67F6MnN8O4+3. The summed E-state index contributed by atoms with van der Waals surface area (Å²) in [6.07, 6.45) is 15.6. The predicted molar refractivity (Wildman–Crippen MR) is 287 cm³/mol. The number of fused-ring (bicyclic) bond motifs is 8. The number of aromatic nitrogens is 7. The van der Waals surface area contributed by atoms with Crippen LogP contribution in [0, 0.1) is 0 Å². The van der Waals surface area contributed by atoms with Crippen LogP contribution in [-0.2, 0) is 55.7 Å². The van der Waals surface area contributed by atoms with E-state index in [9.17, 15) is 26.3 Å². The van der Waals surface area contributed by atoms with Gasteiger partial charge < -0.3 is 33.8 Å². The summed E-state index contributed by atoms with van der Waals surface area (Å²) in [5.74, 6) is 0.107. The first kappa shape index (κ1) is 59.1. The van der Waals surface area contributed by atoms with E-state index in [0.29, 0.717) is 80.3 Å². The maximum atomic E-state index is 12.9. The average molecular weight is 1130 g/mol. The van der Waals surface area contributed by atoms with Crippen LogP contribution in [0.25, 0.3) is 79.8 Å². The molecule has 9 heterocycles. The molecule has 0 aliphatic carbocycles. The minimum absolute atomic E-state index is 0. The molecule has 0 N–H and O–H groups in total. The van der Waals surface area contributed by atoms with Gasteiger partial charge in [-0.2, -0.15) is 26.3 Å². The van der Waals surface area contributed by atoms with Crippen molar-refractivity contribution in [3.8, 4) is 33.4 Å². The minimum Gasteiger partial charge on any atom is -0.657 e. The van der Waals surface area contributed by atoms with Gasteiger partial charge in [0.1, 0.15) is 13.2 Å². The van der Waals surface area contributed by atoms with Crippen LogP contribution < -0.4 is 23.7 Å². The third kappa shape index (κ3) is 16.1. The van der Waals surface area contributed by atoms with Crippen molar-refractivity contribution in [2.45, 2.75) is 90.3 Å². The molecule has 0 spiro atoms. The second-order valence-electron chi connectivity index (χ2n) is 19.7. The van der Waals surface area contributed by atoms with Crippen LogP contribution in [0.3, 0.4) is 0 Å². The smallest absolute Gasteiger partial charge is 0.657 e. The van der Waals surface area contributed by atoms with E-state index in [2.05, 4.69) is 46.1 Å². The summed E-state index contributed by atoms with van der Waals surface area (Å²) in [5, 5.41) is 0. The maximum absolute atomic E-state index is 12.9. The molecule has 6 aromatic rings. The van der Waals surface area contributed by atoms with E-state index in [1.54, 1.807) is 0 Å². The number of rotatable bonds is 24. The molecule has 1 radical (unpaired) electrons. The first-order chi connectivity index (χ1) is 37.8. The van der Waals surface area contributed by atoms with E-state index < -0.39 is 25.6 Å². The number of alkyl halides is 6. The fraction of sp³-hybridized carbons (Fsp3) is 0.417. The number of piperidine rings is 1. The van der Waals surface area contributed by atoms with Crippen LogP contribution in [0.4, 0.5) is 26.3 Å². The van der Waals surface area contributed by atoms with Gasteiger partial charge in [-0.3, -0.25) is 0 Å². The van der Waals surface area contributed by atoms with Crippen LogP contribution in [0.5, 0.6) is 0 Å². The van der Waals surface area contributed by atoms with Crippen molar-refractivity contribution < 1.29 is 76.1 Å². The van der Waals surface area contributed by atoms with Crippen molar-refractivity contribution in [3.05, 3.63) is 126 Å². The number of pyridine rings is 3. The zero-order chi connectivity index (χ0) is 54.5. The molecule has 3 aliphatic heterocycles. The number of nitrogens with zero attached hydrogens (tertiary/aromatic N) is 8.